The first-order valence-electron chi connectivity index (χ1n) is 11.0. The summed E-state index contributed by atoms with van der Waals surface area (Å²) in [5, 5.41) is 4.17. The van der Waals surface area contributed by atoms with Crippen LogP contribution in [0.15, 0.2) is 42.6 Å². The standard InChI is InChI=1S/C26H31FN2O2/c1-17-11-18(2)13-21(12-17)26(7-9-31-10-8-26)25(30)28-19(3)14-20-16-29(4)24-6-5-22(27)15-23(20)24/h5-6,11-13,15-16,19H,7-10,14H2,1-4H3,(H,28,30). The number of aryl methyl sites for hydroxylation is 3. The van der Waals surface area contributed by atoms with Gasteiger partial charge in [-0.25, -0.2) is 4.39 Å². The van der Waals surface area contributed by atoms with Gasteiger partial charge in [0.1, 0.15) is 5.82 Å². The second-order valence-corrected chi connectivity index (χ2v) is 9.08. The lowest BCUT2D eigenvalue weighted by Crippen LogP contribution is -2.50. The van der Waals surface area contributed by atoms with Crippen LogP contribution in [0.25, 0.3) is 10.9 Å². The van der Waals surface area contributed by atoms with Crippen LogP contribution >= 0.6 is 0 Å². The van der Waals surface area contributed by atoms with E-state index in [1.165, 1.54) is 17.2 Å². The van der Waals surface area contributed by atoms with Gasteiger partial charge in [0.05, 0.1) is 5.41 Å². The van der Waals surface area contributed by atoms with Gasteiger partial charge >= 0.3 is 0 Å². The zero-order chi connectivity index (χ0) is 22.2. The maximum Gasteiger partial charge on any atom is 0.231 e. The quantitative estimate of drug-likeness (QED) is 0.646. The first kappa shape index (κ1) is 21.6. The summed E-state index contributed by atoms with van der Waals surface area (Å²) in [5.74, 6) is -0.188. The number of carbonyl (C=O) groups is 1. The molecule has 1 N–H and O–H groups in total. The average Bonchev–Trinajstić information content (AvgIpc) is 3.02. The van der Waals surface area contributed by atoms with Crippen LogP contribution in [0, 0.1) is 19.7 Å². The van der Waals surface area contributed by atoms with Crippen molar-refractivity contribution in [3.8, 4) is 0 Å². The van der Waals surface area contributed by atoms with E-state index in [1.807, 2.05) is 24.7 Å². The van der Waals surface area contributed by atoms with Gasteiger partial charge in [-0.15, -0.1) is 0 Å². The summed E-state index contributed by atoms with van der Waals surface area (Å²) in [6.45, 7) is 7.33. The first-order valence-corrected chi connectivity index (χ1v) is 11.0. The zero-order valence-corrected chi connectivity index (χ0v) is 18.8. The predicted octanol–water partition coefficient (Wildman–Crippen LogP) is 4.73. The summed E-state index contributed by atoms with van der Waals surface area (Å²) >= 11 is 0. The summed E-state index contributed by atoms with van der Waals surface area (Å²) in [6, 6.07) is 11.2. The molecule has 1 amide bonds. The van der Waals surface area contributed by atoms with Crippen LogP contribution in [0.3, 0.4) is 0 Å². The van der Waals surface area contributed by atoms with Crippen LogP contribution in [-0.2, 0) is 28.4 Å². The lowest BCUT2D eigenvalue weighted by atomic mass is 9.72. The lowest BCUT2D eigenvalue weighted by molar-refractivity contribution is -0.131. The number of fused-ring (bicyclic) bond motifs is 1. The summed E-state index contributed by atoms with van der Waals surface area (Å²) in [5.41, 5.74) is 4.86. The number of hydrogen-bond acceptors (Lipinski definition) is 2. The molecule has 1 saturated heterocycles. The molecular weight excluding hydrogens is 391 g/mol. The molecule has 2 aromatic carbocycles. The number of rotatable bonds is 5. The van der Waals surface area contributed by atoms with Crippen molar-refractivity contribution in [1.82, 2.24) is 9.88 Å². The van der Waals surface area contributed by atoms with Gasteiger partial charge in [0.25, 0.3) is 0 Å². The maximum atomic E-state index is 13.8. The fourth-order valence-electron chi connectivity index (χ4n) is 4.97. The molecule has 4 rings (SSSR count). The van der Waals surface area contributed by atoms with Gasteiger partial charge in [-0.3, -0.25) is 4.79 Å². The Balaban J connectivity index is 1.58. The minimum Gasteiger partial charge on any atom is -0.381 e. The van der Waals surface area contributed by atoms with Crippen LogP contribution < -0.4 is 5.32 Å². The first-order chi connectivity index (χ1) is 14.8. The van der Waals surface area contributed by atoms with Gasteiger partial charge in [-0.1, -0.05) is 29.3 Å². The highest BCUT2D eigenvalue weighted by molar-refractivity contribution is 5.89. The molecule has 1 fully saturated rings. The van der Waals surface area contributed by atoms with Crippen LogP contribution in [0.2, 0.25) is 0 Å². The molecule has 4 nitrogen and oxygen atoms in total. The second kappa shape index (κ2) is 8.46. The fraction of sp³-hybridized carbons (Fsp3) is 0.423. The SMILES string of the molecule is Cc1cc(C)cc(C2(C(=O)NC(C)Cc3cn(C)c4ccc(F)cc34)CCOCC2)c1. The highest BCUT2D eigenvalue weighted by Crippen LogP contribution is 2.36. The van der Waals surface area contributed by atoms with E-state index < -0.39 is 5.41 Å². The molecule has 1 unspecified atom stereocenters. The maximum absolute atomic E-state index is 13.8. The molecule has 0 spiro atoms. The van der Waals surface area contributed by atoms with E-state index in [0.29, 0.717) is 32.5 Å². The molecule has 1 aromatic heterocycles. The van der Waals surface area contributed by atoms with Crippen molar-refractivity contribution in [3.63, 3.8) is 0 Å². The number of halogens is 1. The van der Waals surface area contributed by atoms with E-state index in [0.717, 1.165) is 22.0 Å². The van der Waals surface area contributed by atoms with Crippen molar-refractivity contribution in [2.24, 2.45) is 7.05 Å². The third-order valence-electron chi connectivity index (χ3n) is 6.49. The third-order valence-corrected chi connectivity index (χ3v) is 6.49. The highest BCUT2D eigenvalue weighted by atomic mass is 19.1. The predicted molar refractivity (Wildman–Crippen MR) is 122 cm³/mol. The van der Waals surface area contributed by atoms with Crippen molar-refractivity contribution < 1.29 is 13.9 Å². The molecule has 164 valence electrons. The highest BCUT2D eigenvalue weighted by Gasteiger charge is 2.42. The van der Waals surface area contributed by atoms with Crippen LogP contribution in [0.4, 0.5) is 4.39 Å². The number of hydrogen-bond donors (Lipinski definition) is 1. The van der Waals surface area contributed by atoms with Gasteiger partial charge in [0.15, 0.2) is 0 Å². The van der Waals surface area contributed by atoms with Crippen LogP contribution in [0.5, 0.6) is 0 Å². The lowest BCUT2D eigenvalue weighted by Gasteiger charge is -2.37. The van der Waals surface area contributed by atoms with Crippen molar-refractivity contribution in [1.29, 1.82) is 0 Å². The van der Waals surface area contributed by atoms with E-state index in [9.17, 15) is 9.18 Å². The number of aromatic nitrogens is 1. The number of nitrogens with one attached hydrogen (secondary N) is 1. The smallest absolute Gasteiger partial charge is 0.231 e. The molecule has 1 aliphatic heterocycles. The Labute approximate surface area is 183 Å². The summed E-state index contributed by atoms with van der Waals surface area (Å²) in [6.07, 6.45) is 4.02. The molecule has 3 aromatic rings. The largest absolute Gasteiger partial charge is 0.381 e. The van der Waals surface area contributed by atoms with Gasteiger partial charge in [0.2, 0.25) is 5.91 Å². The van der Waals surface area contributed by atoms with Gasteiger partial charge < -0.3 is 14.6 Å². The summed E-state index contributed by atoms with van der Waals surface area (Å²) in [4.78, 5) is 13.6. The molecule has 2 heterocycles. The fourth-order valence-corrected chi connectivity index (χ4v) is 4.97. The Morgan fingerprint density at radius 2 is 1.84 bits per heavy atom. The van der Waals surface area contributed by atoms with E-state index in [2.05, 4.69) is 37.4 Å². The minimum atomic E-state index is -0.575. The summed E-state index contributed by atoms with van der Waals surface area (Å²) < 4.78 is 21.4. The van der Waals surface area contributed by atoms with Crippen molar-refractivity contribution in [2.45, 2.75) is 51.5 Å². The zero-order valence-electron chi connectivity index (χ0n) is 18.8. The van der Waals surface area contributed by atoms with Crippen molar-refractivity contribution in [3.05, 3.63) is 70.7 Å². The molecule has 1 aliphatic rings. The summed E-state index contributed by atoms with van der Waals surface area (Å²) in [7, 11) is 1.96. The second-order valence-electron chi connectivity index (χ2n) is 9.08. The minimum absolute atomic E-state index is 0.0553. The molecule has 0 radical (unpaired) electrons. The van der Waals surface area contributed by atoms with Crippen molar-refractivity contribution >= 4 is 16.8 Å². The van der Waals surface area contributed by atoms with Gasteiger partial charge in [-0.05, 0) is 69.4 Å². The number of amides is 1. The van der Waals surface area contributed by atoms with Crippen LogP contribution in [-0.4, -0.2) is 29.7 Å². The van der Waals surface area contributed by atoms with E-state index >= 15 is 0 Å². The topological polar surface area (TPSA) is 43.3 Å². The Morgan fingerprint density at radius 1 is 1.16 bits per heavy atom. The number of benzene rings is 2. The van der Waals surface area contributed by atoms with Crippen LogP contribution in [0.1, 0.15) is 42.0 Å². The molecule has 0 saturated carbocycles. The Kier molecular flexibility index (Phi) is 5.89. The van der Waals surface area contributed by atoms with Gasteiger partial charge in [-0.2, -0.15) is 0 Å². The average molecular weight is 423 g/mol. The van der Waals surface area contributed by atoms with Crippen molar-refractivity contribution in [2.75, 3.05) is 13.2 Å². The van der Waals surface area contributed by atoms with E-state index in [1.54, 1.807) is 12.1 Å². The Bertz CT molecular complexity index is 1090. The normalized spacial score (nSPS) is 16.9. The molecule has 0 bridgehead atoms. The Morgan fingerprint density at radius 3 is 2.52 bits per heavy atom. The molecule has 5 heteroatoms. The Hall–Kier alpha value is -2.66. The number of ether oxygens (including phenoxy) is 1. The third kappa shape index (κ3) is 4.24. The molecular formula is C26H31FN2O2. The van der Waals surface area contributed by atoms with E-state index in [-0.39, 0.29) is 17.8 Å². The number of nitrogens with zero attached hydrogens (tertiary/aromatic N) is 1. The van der Waals surface area contributed by atoms with E-state index in [4.69, 9.17) is 4.74 Å². The molecule has 1 atom stereocenters. The number of carbonyl (C=O) groups excluding carboxylic acids is 1. The molecule has 31 heavy (non-hydrogen) atoms. The molecule has 0 aliphatic carbocycles. The van der Waals surface area contributed by atoms with Gasteiger partial charge in [0, 0.05) is 43.4 Å². The monoisotopic (exact) mass is 422 g/mol.